The summed E-state index contributed by atoms with van der Waals surface area (Å²) < 4.78 is 4.62. The van der Waals surface area contributed by atoms with Crippen molar-refractivity contribution < 1.29 is 19.4 Å². The Balaban J connectivity index is 2.42. The number of carbonyl (C=O) groups excluding carboxylic acids is 1. The molecule has 0 aliphatic carbocycles. The van der Waals surface area contributed by atoms with E-state index in [1.54, 1.807) is 6.92 Å². The maximum atomic E-state index is 10.9. The first-order chi connectivity index (χ1) is 5.59. The third kappa shape index (κ3) is 2.05. The number of cyclic esters (lactones) is 1. The molecule has 0 bridgehead atoms. The summed E-state index contributed by atoms with van der Waals surface area (Å²) in [6, 6.07) is -0.610. The number of esters is 1. The zero-order chi connectivity index (χ0) is 9.14. The Morgan fingerprint density at radius 1 is 1.75 bits per heavy atom. The minimum absolute atomic E-state index is 0.0590. The normalized spacial score (nSPS) is 21.9. The minimum atomic E-state index is -0.928. The summed E-state index contributed by atoms with van der Waals surface area (Å²) in [7, 11) is 0. The number of aliphatic carboxylic acids is 1. The van der Waals surface area contributed by atoms with Crippen LogP contribution in [-0.2, 0) is 14.3 Å². The Kier molecular flexibility index (Phi) is 2.42. The molecule has 1 heterocycles. The highest BCUT2D eigenvalue weighted by Gasteiger charge is 2.26. The lowest BCUT2D eigenvalue weighted by Crippen LogP contribution is -2.16. The number of carbonyl (C=O) groups is 2. The van der Waals surface area contributed by atoms with Crippen molar-refractivity contribution >= 4 is 17.8 Å². The number of nitrogens with zero attached hydrogens (tertiary/aromatic N) is 1. The number of aliphatic imine (C=N–C) groups is 1. The zero-order valence-corrected chi connectivity index (χ0v) is 6.61. The van der Waals surface area contributed by atoms with E-state index in [-0.39, 0.29) is 12.8 Å². The van der Waals surface area contributed by atoms with Crippen molar-refractivity contribution in [2.75, 3.05) is 0 Å². The van der Waals surface area contributed by atoms with Crippen molar-refractivity contribution in [3.8, 4) is 0 Å². The number of hydrogen-bond acceptors (Lipinski definition) is 4. The second-order valence-corrected chi connectivity index (χ2v) is 2.52. The molecule has 0 spiro atoms. The van der Waals surface area contributed by atoms with Crippen LogP contribution >= 0.6 is 0 Å². The Bertz CT molecular complexity index is 246. The molecule has 5 nitrogen and oxygen atoms in total. The van der Waals surface area contributed by atoms with Gasteiger partial charge in [0.15, 0.2) is 11.9 Å². The number of carboxylic acids is 1. The summed E-state index contributed by atoms with van der Waals surface area (Å²) in [5, 5.41) is 8.33. The van der Waals surface area contributed by atoms with Gasteiger partial charge in [0.05, 0.1) is 0 Å². The molecule has 0 saturated heterocycles. The van der Waals surface area contributed by atoms with E-state index in [0.717, 1.165) is 0 Å². The molecule has 1 atom stereocenters. The maximum Gasteiger partial charge on any atom is 0.337 e. The molecule has 1 aliphatic rings. The van der Waals surface area contributed by atoms with Crippen LogP contribution in [0.4, 0.5) is 0 Å². The van der Waals surface area contributed by atoms with Gasteiger partial charge >= 0.3 is 11.9 Å². The minimum Gasteiger partial charge on any atom is -0.481 e. The average molecular weight is 171 g/mol. The first-order valence-electron chi connectivity index (χ1n) is 3.57. The molecule has 0 saturated carbocycles. The predicted molar refractivity (Wildman–Crippen MR) is 39.9 cm³/mol. The third-order valence-corrected chi connectivity index (χ3v) is 1.49. The molecule has 5 heteroatoms. The van der Waals surface area contributed by atoms with E-state index in [4.69, 9.17) is 5.11 Å². The third-order valence-electron chi connectivity index (χ3n) is 1.49. The molecule has 1 aliphatic heterocycles. The molecule has 0 aromatic carbocycles. The van der Waals surface area contributed by atoms with E-state index < -0.39 is 18.0 Å². The molecule has 1 N–H and O–H groups in total. The van der Waals surface area contributed by atoms with Crippen LogP contribution in [0.2, 0.25) is 0 Å². The zero-order valence-electron chi connectivity index (χ0n) is 6.61. The van der Waals surface area contributed by atoms with Gasteiger partial charge in [-0.15, -0.1) is 0 Å². The molecule has 0 aromatic heterocycles. The maximum absolute atomic E-state index is 10.9. The quantitative estimate of drug-likeness (QED) is 0.615. The van der Waals surface area contributed by atoms with Gasteiger partial charge in [0, 0.05) is 13.3 Å². The van der Waals surface area contributed by atoms with Gasteiger partial charge < -0.3 is 9.84 Å². The summed E-state index contributed by atoms with van der Waals surface area (Å²) in [6.07, 6.45) is 0.155. The summed E-state index contributed by atoms with van der Waals surface area (Å²) in [6.45, 7) is 1.57. The summed E-state index contributed by atoms with van der Waals surface area (Å²) >= 11 is 0. The molecule has 1 unspecified atom stereocenters. The lowest BCUT2D eigenvalue weighted by Gasteiger charge is -1.98. The Labute approximate surface area is 69.0 Å². The molecular formula is C7H9NO4. The number of rotatable bonds is 3. The van der Waals surface area contributed by atoms with Crippen LogP contribution in [0.5, 0.6) is 0 Å². The van der Waals surface area contributed by atoms with Crippen molar-refractivity contribution in [3.05, 3.63) is 0 Å². The van der Waals surface area contributed by atoms with Crippen LogP contribution in [-0.4, -0.2) is 29.0 Å². The van der Waals surface area contributed by atoms with Gasteiger partial charge in [0.1, 0.15) is 0 Å². The van der Waals surface area contributed by atoms with Gasteiger partial charge in [-0.1, -0.05) is 0 Å². The van der Waals surface area contributed by atoms with Crippen LogP contribution in [0.25, 0.3) is 0 Å². The Hall–Kier alpha value is -1.39. The van der Waals surface area contributed by atoms with Gasteiger partial charge in [-0.3, -0.25) is 4.79 Å². The first-order valence-corrected chi connectivity index (χ1v) is 3.57. The van der Waals surface area contributed by atoms with Gasteiger partial charge in [-0.2, -0.15) is 0 Å². The van der Waals surface area contributed by atoms with E-state index in [1.807, 2.05) is 0 Å². The van der Waals surface area contributed by atoms with Crippen LogP contribution in [0.3, 0.4) is 0 Å². The number of carboxylic acid groups (broad SMARTS) is 1. The van der Waals surface area contributed by atoms with Gasteiger partial charge in [0.25, 0.3) is 0 Å². The van der Waals surface area contributed by atoms with E-state index >= 15 is 0 Å². The van der Waals surface area contributed by atoms with E-state index in [9.17, 15) is 9.59 Å². The standard InChI is InChI=1S/C7H9NO4/c1-4-8-5(7(11)12-4)2-3-6(9)10/h5H,2-3H2,1H3,(H,9,10). The smallest absolute Gasteiger partial charge is 0.337 e. The predicted octanol–water partition coefficient (Wildman–Crippen LogP) is 0.195. The molecular weight excluding hydrogens is 162 g/mol. The van der Waals surface area contributed by atoms with Gasteiger partial charge in [-0.05, 0) is 6.42 Å². The highest BCUT2D eigenvalue weighted by Crippen LogP contribution is 2.11. The highest BCUT2D eigenvalue weighted by atomic mass is 16.6. The van der Waals surface area contributed by atoms with Crippen LogP contribution in [0.15, 0.2) is 4.99 Å². The van der Waals surface area contributed by atoms with Crippen LogP contribution in [0, 0.1) is 0 Å². The van der Waals surface area contributed by atoms with E-state index in [1.165, 1.54) is 0 Å². The fourth-order valence-electron chi connectivity index (χ4n) is 0.955. The lowest BCUT2D eigenvalue weighted by atomic mass is 10.2. The molecule has 0 radical (unpaired) electrons. The number of hydrogen-bond donors (Lipinski definition) is 1. The largest absolute Gasteiger partial charge is 0.481 e. The van der Waals surface area contributed by atoms with Gasteiger partial charge in [0.2, 0.25) is 0 Å². The second-order valence-electron chi connectivity index (χ2n) is 2.52. The molecule has 0 aromatic rings. The molecule has 1 rings (SSSR count). The first kappa shape index (κ1) is 8.70. The monoisotopic (exact) mass is 171 g/mol. The van der Waals surface area contributed by atoms with Crippen molar-refractivity contribution in [2.24, 2.45) is 4.99 Å². The topological polar surface area (TPSA) is 76.0 Å². The summed E-state index contributed by atoms with van der Waals surface area (Å²) in [5.74, 6) is -1.06. The van der Waals surface area contributed by atoms with Crippen molar-refractivity contribution in [2.45, 2.75) is 25.8 Å². The van der Waals surface area contributed by atoms with Crippen LogP contribution < -0.4 is 0 Å². The van der Waals surface area contributed by atoms with Crippen LogP contribution in [0.1, 0.15) is 19.8 Å². The lowest BCUT2D eigenvalue weighted by molar-refractivity contribution is -0.138. The Morgan fingerprint density at radius 2 is 2.42 bits per heavy atom. The molecule has 66 valence electrons. The van der Waals surface area contributed by atoms with E-state index in [0.29, 0.717) is 5.90 Å². The molecule has 0 fully saturated rings. The Morgan fingerprint density at radius 3 is 2.83 bits per heavy atom. The highest BCUT2D eigenvalue weighted by molar-refractivity contribution is 5.96. The molecule has 0 amide bonds. The van der Waals surface area contributed by atoms with E-state index in [2.05, 4.69) is 9.73 Å². The summed E-state index contributed by atoms with van der Waals surface area (Å²) in [5.41, 5.74) is 0. The average Bonchev–Trinajstić information content (AvgIpc) is 2.26. The van der Waals surface area contributed by atoms with Crippen molar-refractivity contribution in [1.29, 1.82) is 0 Å². The fraction of sp³-hybridized carbons (Fsp3) is 0.571. The summed E-state index contributed by atoms with van der Waals surface area (Å²) in [4.78, 5) is 24.8. The van der Waals surface area contributed by atoms with Crippen molar-refractivity contribution in [3.63, 3.8) is 0 Å². The SMILES string of the molecule is CC1=NC(CCC(=O)O)C(=O)O1. The second kappa shape index (κ2) is 3.34. The van der Waals surface area contributed by atoms with Crippen molar-refractivity contribution in [1.82, 2.24) is 0 Å². The fourth-order valence-corrected chi connectivity index (χ4v) is 0.955. The molecule has 12 heavy (non-hydrogen) atoms. The van der Waals surface area contributed by atoms with Gasteiger partial charge in [-0.25, -0.2) is 9.79 Å². The number of ether oxygens (including phenoxy) is 1.